The lowest BCUT2D eigenvalue weighted by atomic mass is 9.85. The minimum Gasteiger partial charge on any atom is -0.493 e. The Hall–Kier alpha value is -3.39. The van der Waals surface area contributed by atoms with Gasteiger partial charge in [-0.1, -0.05) is 0 Å². The Labute approximate surface area is 182 Å². The van der Waals surface area contributed by atoms with Crippen molar-refractivity contribution in [3.8, 4) is 22.6 Å². The molecule has 0 saturated carbocycles. The molecular weight excluding hydrogens is 412 g/mol. The average Bonchev–Trinajstić information content (AvgIpc) is 3.47. The summed E-state index contributed by atoms with van der Waals surface area (Å²) < 4.78 is 12.9. The molecule has 0 N–H and O–H groups in total. The van der Waals surface area contributed by atoms with Gasteiger partial charge in [-0.05, 0) is 52.1 Å². The molecule has 2 aliphatic rings. The minimum absolute atomic E-state index is 0.00803. The Morgan fingerprint density at radius 3 is 2.74 bits per heavy atom. The van der Waals surface area contributed by atoms with E-state index < -0.39 is 0 Å². The summed E-state index contributed by atoms with van der Waals surface area (Å²) in [7, 11) is 3.28. The molecule has 0 saturated heterocycles. The number of methoxy groups -OCH3 is 2. The first-order valence-corrected chi connectivity index (χ1v) is 11.1. The molecule has 8 heteroatoms. The molecule has 6 rings (SSSR count). The molecule has 0 fully saturated rings. The van der Waals surface area contributed by atoms with Gasteiger partial charge in [0.05, 0.1) is 37.7 Å². The van der Waals surface area contributed by atoms with E-state index in [0.29, 0.717) is 24.3 Å². The van der Waals surface area contributed by atoms with Gasteiger partial charge in [0.15, 0.2) is 17.1 Å². The van der Waals surface area contributed by atoms with Gasteiger partial charge in [-0.15, -0.1) is 0 Å². The van der Waals surface area contributed by atoms with Crippen LogP contribution in [0, 0.1) is 0 Å². The molecule has 0 bridgehead atoms. The van der Waals surface area contributed by atoms with E-state index in [2.05, 4.69) is 21.5 Å². The highest BCUT2D eigenvalue weighted by molar-refractivity contribution is 7.08. The first kappa shape index (κ1) is 18.4. The maximum absolute atomic E-state index is 13.4. The summed E-state index contributed by atoms with van der Waals surface area (Å²) in [4.78, 5) is 20.0. The standard InChI is InChI=1S/C23H20N4O3S/c1-29-20-7-13-3-5-26-18(15(13)8-21(20)30-2)9-19-17(23(26)28)10-24-22-16(11-25-27(19)22)14-4-6-31-12-14/h4,6-8,10-12,18H,3,5,9H2,1-2H3/t18-/m1/s1. The van der Waals surface area contributed by atoms with E-state index >= 15 is 0 Å². The number of thiophene rings is 1. The summed E-state index contributed by atoms with van der Waals surface area (Å²) >= 11 is 1.64. The zero-order valence-electron chi connectivity index (χ0n) is 17.2. The van der Waals surface area contributed by atoms with Crippen LogP contribution in [0.4, 0.5) is 0 Å². The third-order valence-corrected chi connectivity index (χ3v) is 7.02. The number of benzene rings is 1. The topological polar surface area (TPSA) is 69.0 Å². The summed E-state index contributed by atoms with van der Waals surface area (Å²) in [5.41, 5.74) is 6.69. The van der Waals surface area contributed by atoms with Crippen molar-refractivity contribution in [2.24, 2.45) is 0 Å². The van der Waals surface area contributed by atoms with Crippen LogP contribution < -0.4 is 9.47 Å². The number of nitrogens with zero attached hydrogens (tertiary/aromatic N) is 4. The fraction of sp³-hybridized carbons (Fsp3) is 0.261. The van der Waals surface area contributed by atoms with Crippen molar-refractivity contribution >= 4 is 22.9 Å². The molecule has 3 aromatic heterocycles. The van der Waals surface area contributed by atoms with Gasteiger partial charge in [-0.2, -0.15) is 16.4 Å². The number of fused-ring (bicyclic) bond motifs is 6. The Morgan fingerprint density at radius 1 is 1.13 bits per heavy atom. The molecule has 0 unspecified atom stereocenters. The average molecular weight is 433 g/mol. The molecule has 2 aliphatic heterocycles. The maximum atomic E-state index is 13.4. The summed E-state index contributed by atoms with van der Waals surface area (Å²) in [6.45, 7) is 0.669. The molecule has 0 aliphatic carbocycles. The van der Waals surface area contributed by atoms with Gasteiger partial charge in [0.2, 0.25) is 0 Å². The fourth-order valence-corrected chi connectivity index (χ4v) is 5.46. The monoisotopic (exact) mass is 432 g/mol. The van der Waals surface area contributed by atoms with Gasteiger partial charge in [0.25, 0.3) is 5.91 Å². The van der Waals surface area contributed by atoms with Gasteiger partial charge in [0, 0.05) is 24.7 Å². The largest absolute Gasteiger partial charge is 0.493 e. The van der Waals surface area contributed by atoms with Crippen molar-refractivity contribution in [2.75, 3.05) is 20.8 Å². The van der Waals surface area contributed by atoms with Crippen molar-refractivity contribution in [1.29, 1.82) is 0 Å². The Morgan fingerprint density at radius 2 is 1.97 bits per heavy atom. The molecule has 7 nitrogen and oxygen atoms in total. The van der Waals surface area contributed by atoms with Gasteiger partial charge in [0.1, 0.15) is 0 Å². The fourth-order valence-electron chi connectivity index (χ4n) is 4.80. The zero-order chi connectivity index (χ0) is 21.1. The highest BCUT2D eigenvalue weighted by atomic mass is 32.1. The van der Waals surface area contributed by atoms with E-state index in [9.17, 15) is 4.79 Å². The first-order chi connectivity index (χ1) is 15.2. The molecule has 5 heterocycles. The molecule has 0 radical (unpaired) electrons. The third-order valence-electron chi connectivity index (χ3n) is 6.34. The number of carbonyl (C=O) groups excluding carboxylic acids is 1. The highest BCUT2D eigenvalue weighted by Crippen LogP contribution is 2.42. The normalized spacial score (nSPS) is 17.3. The van der Waals surface area contributed by atoms with Crippen molar-refractivity contribution in [3.63, 3.8) is 0 Å². The molecule has 31 heavy (non-hydrogen) atoms. The van der Waals surface area contributed by atoms with E-state index in [4.69, 9.17) is 9.47 Å². The smallest absolute Gasteiger partial charge is 0.257 e. The van der Waals surface area contributed by atoms with Crippen LogP contribution in [-0.4, -0.2) is 46.2 Å². The lowest BCUT2D eigenvalue weighted by Crippen LogP contribution is -2.45. The number of carbonyl (C=O) groups is 1. The van der Waals surface area contributed by atoms with E-state index in [-0.39, 0.29) is 11.9 Å². The summed E-state index contributed by atoms with van der Waals surface area (Å²) in [6, 6.07) is 6.05. The highest BCUT2D eigenvalue weighted by Gasteiger charge is 2.39. The summed E-state index contributed by atoms with van der Waals surface area (Å²) in [5.74, 6) is 1.41. The quantitative estimate of drug-likeness (QED) is 0.493. The van der Waals surface area contributed by atoms with Crippen LogP contribution in [-0.2, 0) is 12.8 Å². The Kier molecular flexibility index (Phi) is 4.04. The minimum atomic E-state index is -0.0667. The second-order valence-corrected chi connectivity index (χ2v) is 8.58. The molecular formula is C23H20N4O3S. The lowest BCUT2D eigenvalue weighted by Gasteiger charge is -2.41. The van der Waals surface area contributed by atoms with Crippen LogP contribution in [0.3, 0.4) is 0 Å². The van der Waals surface area contributed by atoms with Crippen molar-refractivity contribution in [2.45, 2.75) is 18.9 Å². The molecule has 156 valence electrons. The number of aromatic nitrogens is 3. The van der Waals surface area contributed by atoms with Gasteiger partial charge in [-0.25, -0.2) is 9.50 Å². The zero-order valence-corrected chi connectivity index (χ0v) is 18.0. The van der Waals surface area contributed by atoms with Crippen LogP contribution in [0.1, 0.15) is 33.2 Å². The van der Waals surface area contributed by atoms with Gasteiger partial charge < -0.3 is 14.4 Å². The Balaban J connectivity index is 1.50. The predicted molar refractivity (Wildman–Crippen MR) is 117 cm³/mol. The van der Waals surface area contributed by atoms with Crippen molar-refractivity contribution < 1.29 is 14.3 Å². The number of rotatable bonds is 3. The van der Waals surface area contributed by atoms with Crippen LogP contribution in [0.25, 0.3) is 16.8 Å². The van der Waals surface area contributed by atoms with Crippen molar-refractivity contribution in [3.05, 3.63) is 63.7 Å². The van der Waals surface area contributed by atoms with E-state index in [1.165, 1.54) is 5.56 Å². The van der Waals surface area contributed by atoms with Gasteiger partial charge in [-0.3, -0.25) is 4.79 Å². The molecule has 1 aromatic carbocycles. The molecule has 1 atom stereocenters. The second-order valence-electron chi connectivity index (χ2n) is 7.80. The van der Waals surface area contributed by atoms with Crippen LogP contribution in [0.15, 0.2) is 41.4 Å². The number of amides is 1. The van der Waals surface area contributed by atoms with Crippen LogP contribution in [0.5, 0.6) is 11.5 Å². The summed E-state index contributed by atoms with van der Waals surface area (Å²) in [5, 5.41) is 8.75. The molecule has 1 amide bonds. The predicted octanol–water partition coefficient (Wildman–Crippen LogP) is 3.77. The molecule has 0 spiro atoms. The van der Waals surface area contributed by atoms with Crippen LogP contribution >= 0.6 is 11.3 Å². The lowest BCUT2D eigenvalue weighted by molar-refractivity contribution is 0.0626. The molecule has 4 aromatic rings. The number of ether oxygens (including phenoxy) is 2. The number of hydrogen-bond acceptors (Lipinski definition) is 6. The van der Waals surface area contributed by atoms with Crippen LogP contribution in [0.2, 0.25) is 0 Å². The third kappa shape index (κ3) is 2.61. The van der Waals surface area contributed by atoms with Gasteiger partial charge >= 0.3 is 0 Å². The van der Waals surface area contributed by atoms with E-state index in [1.807, 2.05) is 33.1 Å². The first-order valence-electron chi connectivity index (χ1n) is 10.1. The van der Waals surface area contributed by atoms with E-state index in [0.717, 1.165) is 40.2 Å². The van der Waals surface area contributed by atoms with E-state index in [1.54, 1.807) is 31.8 Å². The SMILES string of the molecule is COc1cc2c(cc1OC)[C@H]1Cc3c(cnc4c(-c5ccsc5)cnn34)C(=O)N1CC2. The second kappa shape index (κ2) is 6.81. The number of hydrogen-bond donors (Lipinski definition) is 0. The summed E-state index contributed by atoms with van der Waals surface area (Å²) in [6.07, 6.45) is 5.01. The Bertz CT molecular complexity index is 1330. The van der Waals surface area contributed by atoms with Crippen molar-refractivity contribution in [1.82, 2.24) is 19.5 Å². The maximum Gasteiger partial charge on any atom is 0.257 e.